The summed E-state index contributed by atoms with van der Waals surface area (Å²) in [5.41, 5.74) is 1.26. The van der Waals surface area contributed by atoms with E-state index in [1.165, 1.54) is 5.56 Å². The highest BCUT2D eigenvalue weighted by Crippen LogP contribution is 2.36. The molecule has 1 aromatic rings. The number of likely N-dealkylation sites (N-methyl/N-ethyl adjacent to an activating group) is 1. The SMILES string of the molecule is CCN(Cc1cc2c(cc1Br)OCCO2)C1CNC1. The zero-order valence-corrected chi connectivity index (χ0v) is 12.7. The first kappa shape index (κ1) is 13.2. The van der Waals surface area contributed by atoms with E-state index in [1.54, 1.807) is 0 Å². The summed E-state index contributed by atoms with van der Waals surface area (Å²) in [7, 11) is 0. The van der Waals surface area contributed by atoms with Crippen LogP contribution in [-0.4, -0.2) is 43.8 Å². The Labute approximate surface area is 122 Å². The molecule has 2 aliphatic heterocycles. The highest BCUT2D eigenvalue weighted by atomic mass is 79.9. The molecule has 1 aromatic carbocycles. The molecule has 19 heavy (non-hydrogen) atoms. The molecule has 4 nitrogen and oxygen atoms in total. The number of halogens is 1. The fraction of sp³-hybridized carbons (Fsp3) is 0.571. The lowest BCUT2D eigenvalue weighted by Gasteiger charge is -2.38. The van der Waals surface area contributed by atoms with Gasteiger partial charge in [-0.15, -0.1) is 0 Å². The molecule has 0 aliphatic carbocycles. The van der Waals surface area contributed by atoms with Crippen LogP contribution in [0.1, 0.15) is 12.5 Å². The molecule has 1 saturated heterocycles. The summed E-state index contributed by atoms with van der Waals surface area (Å²) in [6.07, 6.45) is 0. The normalized spacial score (nSPS) is 18.5. The molecule has 0 saturated carbocycles. The van der Waals surface area contributed by atoms with Crippen molar-refractivity contribution in [3.05, 3.63) is 22.2 Å². The molecule has 104 valence electrons. The van der Waals surface area contributed by atoms with Crippen LogP contribution < -0.4 is 14.8 Å². The molecule has 5 heteroatoms. The molecule has 2 heterocycles. The van der Waals surface area contributed by atoms with E-state index in [4.69, 9.17) is 9.47 Å². The number of hydrogen-bond acceptors (Lipinski definition) is 4. The standard InChI is InChI=1S/C14H19BrN2O2/c1-2-17(11-7-16-8-11)9-10-5-13-14(6-12(10)15)19-4-3-18-13/h5-6,11,16H,2-4,7-9H2,1H3. The van der Waals surface area contributed by atoms with Gasteiger partial charge in [0.15, 0.2) is 11.5 Å². The summed E-state index contributed by atoms with van der Waals surface area (Å²) in [5, 5.41) is 3.33. The van der Waals surface area contributed by atoms with Crippen molar-refractivity contribution >= 4 is 15.9 Å². The van der Waals surface area contributed by atoms with Crippen molar-refractivity contribution in [1.29, 1.82) is 0 Å². The molecule has 3 rings (SSSR count). The Morgan fingerprint density at radius 1 is 1.26 bits per heavy atom. The Morgan fingerprint density at radius 3 is 2.53 bits per heavy atom. The number of fused-ring (bicyclic) bond motifs is 1. The van der Waals surface area contributed by atoms with Gasteiger partial charge >= 0.3 is 0 Å². The van der Waals surface area contributed by atoms with Gasteiger partial charge in [0.2, 0.25) is 0 Å². The number of hydrogen-bond donors (Lipinski definition) is 1. The molecular formula is C14H19BrN2O2. The maximum absolute atomic E-state index is 5.66. The van der Waals surface area contributed by atoms with Gasteiger partial charge in [-0.1, -0.05) is 22.9 Å². The molecule has 2 aliphatic rings. The van der Waals surface area contributed by atoms with Gasteiger partial charge in [-0.05, 0) is 24.2 Å². The summed E-state index contributed by atoms with van der Waals surface area (Å²) in [4.78, 5) is 2.49. The minimum Gasteiger partial charge on any atom is -0.486 e. The summed E-state index contributed by atoms with van der Waals surface area (Å²) in [6.45, 7) is 7.68. The van der Waals surface area contributed by atoms with Crippen molar-refractivity contribution < 1.29 is 9.47 Å². The van der Waals surface area contributed by atoms with Crippen molar-refractivity contribution in [2.24, 2.45) is 0 Å². The summed E-state index contributed by atoms with van der Waals surface area (Å²) in [6, 6.07) is 4.79. The van der Waals surface area contributed by atoms with Crippen LogP contribution in [0.4, 0.5) is 0 Å². The van der Waals surface area contributed by atoms with Crippen molar-refractivity contribution in [3.8, 4) is 11.5 Å². The third kappa shape index (κ3) is 2.73. The zero-order valence-electron chi connectivity index (χ0n) is 11.1. The second kappa shape index (κ2) is 5.69. The lowest BCUT2D eigenvalue weighted by Crippen LogP contribution is -2.56. The van der Waals surface area contributed by atoms with Gasteiger partial charge in [-0.25, -0.2) is 0 Å². The molecule has 1 fully saturated rings. The van der Waals surface area contributed by atoms with E-state index in [0.29, 0.717) is 19.3 Å². The number of nitrogens with one attached hydrogen (secondary N) is 1. The van der Waals surface area contributed by atoms with Gasteiger partial charge in [0.1, 0.15) is 13.2 Å². The van der Waals surface area contributed by atoms with E-state index < -0.39 is 0 Å². The summed E-state index contributed by atoms with van der Waals surface area (Å²) in [5.74, 6) is 1.71. The summed E-state index contributed by atoms with van der Waals surface area (Å²) < 4.78 is 12.3. The summed E-state index contributed by atoms with van der Waals surface area (Å²) >= 11 is 3.64. The number of rotatable bonds is 4. The van der Waals surface area contributed by atoms with E-state index in [9.17, 15) is 0 Å². The van der Waals surface area contributed by atoms with Gasteiger partial charge in [0, 0.05) is 30.1 Å². The number of nitrogens with zero attached hydrogens (tertiary/aromatic N) is 1. The Kier molecular flexibility index (Phi) is 3.96. The minimum absolute atomic E-state index is 0.633. The number of benzene rings is 1. The van der Waals surface area contributed by atoms with Gasteiger partial charge < -0.3 is 14.8 Å². The van der Waals surface area contributed by atoms with Crippen molar-refractivity contribution in [2.45, 2.75) is 19.5 Å². The van der Waals surface area contributed by atoms with Crippen LogP contribution in [0.5, 0.6) is 11.5 Å². The quantitative estimate of drug-likeness (QED) is 0.917. The Hall–Kier alpha value is -0.780. The van der Waals surface area contributed by atoms with Crippen LogP contribution in [0.25, 0.3) is 0 Å². The lowest BCUT2D eigenvalue weighted by molar-refractivity contribution is 0.143. The van der Waals surface area contributed by atoms with E-state index in [0.717, 1.165) is 42.2 Å². The molecular weight excluding hydrogens is 308 g/mol. The van der Waals surface area contributed by atoms with Gasteiger partial charge in [-0.3, -0.25) is 4.90 Å². The predicted octanol–water partition coefficient (Wildman–Crippen LogP) is 2.01. The second-order valence-electron chi connectivity index (χ2n) is 4.96. The molecule has 0 radical (unpaired) electrons. The largest absolute Gasteiger partial charge is 0.486 e. The van der Waals surface area contributed by atoms with Gasteiger partial charge in [0.25, 0.3) is 0 Å². The van der Waals surface area contributed by atoms with Crippen LogP contribution in [0.15, 0.2) is 16.6 Å². The Bertz CT molecular complexity index is 463. The molecule has 0 unspecified atom stereocenters. The topological polar surface area (TPSA) is 33.7 Å². The van der Waals surface area contributed by atoms with Crippen molar-refractivity contribution in [1.82, 2.24) is 10.2 Å². The van der Waals surface area contributed by atoms with Crippen LogP contribution in [0.3, 0.4) is 0 Å². The van der Waals surface area contributed by atoms with Crippen LogP contribution in [-0.2, 0) is 6.54 Å². The van der Waals surface area contributed by atoms with Crippen molar-refractivity contribution in [2.75, 3.05) is 32.8 Å². The fourth-order valence-corrected chi connectivity index (χ4v) is 2.92. The monoisotopic (exact) mass is 326 g/mol. The van der Waals surface area contributed by atoms with E-state index in [-0.39, 0.29) is 0 Å². The fourth-order valence-electron chi connectivity index (χ4n) is 2.48. The second-order valence-corrected chi connectivity index (χ2v) is 5.82. The molecule has 0 aromatic heterocycles. The minimum atomic E-state index is 0.633. The molecule has 0 atom stereocenters. The lowest BCUT2D eigenvalue weighted by atomic mass is 10.1. The first-order valence-corrected chi connectivity index (χ1v) is 7.60. The van der Waals surface area contributed by atoms with E-state index >= 15 is 0 Å². The van der Waals surface area contributed by atoms with Crippen LogP contribution in [0, 0.1) is 0 Å². The molecule has 0 amide bonds. The highest BCUT2D eigenvalue weighted by Gasteiger charge is 2.24. The Morgan fingerprint density at radius 2 is 1.95 bits per heavy atom. The maximum atomic E-state index is 5.66. The van der Waals surface area contributed by atoms with Crippen LogP contribution in [0.2, 0.25) is 0 Å². The molecule has 0 spiro atoms. The molecule has 1 N–H and O–H groups in total. The Balaban J connectivity index is 1.79. The first-order chi connectivity index (χ1) is 9.28. The smallest absolute Gasteiger partial charge is 0.162 e. The van der Waals surface area contributed by atoms with Crippen molar-refractivity contribution in [3.63, 3.8) is 0 Å². The van der Waals surface area contributed by atoms with E-state index in [2.05, 4.69) is 39.1 Å². The maximum Gasteiger partial charge on any atom is 0.162 e. The zero-order chi connectivity index (χ0) is 13.2. The van der Waals surface area contributed by atoms with Gasteiger partial charge in [0.05, 0.1) is 0 Å². The van der Waals surface area contributed by atoms with Crippen LogP contribution >= 0.6 is 15.9 Å². The predicted molar refractivity (Wildman–Crippen MR) is 77.9 cm³/mol. The molecule has 0 bridgehead atoms. The van der Waals surface area contributed by atoms with E-state index in [1.807, 2.05) is 6.07 Å². The third-order valence-electron chi connectivity index (χ3n) is 3.77. The average molecular weight is 327 g/mol. The average Bonchev–Trinajstić information content (AvgIpc) is 2.36. The highest BCUT2D eigenvalue weighted by molar-refractivity contribution is 9.10. The first-order valence-electron chi connectivity index (χ1n) is 6.80. The van der Waals surface area contributed by atoms with Gasteiger partial charge in [-0.2, -0.15) is 0 Å². The third-order valence-corrected chi connectivity index (χ3v) is 4.51. The number of ether oxygens (including phenoxy) is 2.